The lowest BCUT2D eigenvalue weighted by Crippen LogP contribution is -1.85. The van der Waals surface area contributed by atoms with Gasteiger partial charge in [-0.2, -0.15) is 0 Å². The number of halogens is 1. The molecule has 1 aliphatic carbocycles. The third-order valence-electron chi connectivity index (χ3n) is 1.99. The number of unbranched alkanes of at least 4 members (excludes halogenated alkanes) is 1. The quantitative estimate of drug-likeness (QED) is 0.549. The van der Waals surface area contributed by atoms with Gasteiger partial charge in [0.2, 0.25) is 0 Å². The first-order valence-electron chi connectivity index (χ1n) is 4.97. The van der Waals surface area contributed by atoms with Crippen LogP contribution in [0, 0.1) is 0 Å². The number of hydrogen-bond acceptors (Lipinski definition) is 0. The van der Waals surface area contributed by atoms with Crippen molar-refractivity contribution in [1.29, 1.82) is 0 Å². The lowest BCUT2D eigenvalue weighted by atomic mass is 10.0. The van der Waals surface area contributed by atoms with Crippen LogP contribution in [0.3, 0.4) is 0 Å². The maximum Gasteiger partial charge on any atom is 0.0223 e. The van der Waals surface area contributed by atoms with Crippen LogP contribution in [-0.2, 0) is 0 Å². The van der Waals surface area contributed by atoms with Crippen molar-refractivity contribution in [2.45, 2.75) is 58.3 Å². The van der Waals surface area contributed by atoms with Gasteiger partial charge in [-0.25, -0.2) is 0 Å². The van der Waals surface area contributed by atoms with Gasteiger partial charge in [-0.1, -0.05) is 51.9 Å². The van der Waals surface area contributed by atoms with Gasteiger partial charge in [0, 0.05) is 5.88 Å². The Labute approximate surface area is 76.3 Å². The minimum absolute atomic E-state index is 0.816. The van der Waals surface area contributed by atoms with Crippen LogP contribution in [0.4, 0.5) is 0 Å². The van der Waals surface area contributed by atoms with Crippen LogP contribution < -0.4 is 0 Å². The summed E-state index contributed by atoms with van der Waals surface area (Å²) in [7, 11) is 0. The zero-order valence-corrected chi connectivity index (χ0v) is 8.50. The first kappa shape index (κ1) is 11.3. The lowest BCUT2D eigenvalue weighted by molar-refractivity contribution is 0.504. The van der Waals surface area contributed by atoms with E-state index in [0.717, 1.165) is 12.3 Å². The molecule has 0 amide bonds. The monoisotopic (exact) mass is 176 g/mol. The summed E-state index contributed by atoms with van der Waals surface area (Å²) in [5.41, 5.74) is 0. The van der Waals surface area contributed by atoms with Crippen molar-refractivity contribution in [3.05, 3.63) is 0 Å². The highest BCUT2D eigenvalue weighted by Gasteiger charge is 1.95. The van der Waals surface area contributed by atoms with E-state index in [1.165, 1.54) is 44.9 Å². The van der Waals surface area contributed by atoms with E-state index in [4.69, 9.17) is 11.6 Å². The Morgan fingerprint density at radius 1 is 0.909 bits per heavy atom. The number of rotatable bonds is 2. The van der Waals surface area contributed by atoms with Crippen LogP contribution in [0.5, 0.6) is 0 Å². The predicted molar refractivity (Wildman–Crippen MR) is 53.3 cm³/mol. The molecule has 1 fully saturated rings. The largest absolute Gasteiger partial charge is 0.127 e. The van der Waals surface area contributed by atoms with E-state index >= 15 is 0 Å². The molecule has 1 rings (SSSR count). The zero-order valence-electron chi connectivity index (χ0n) is 7.74. The summed E-state index contributed by atoms with van der Waals surface area (Å²) < 4.78 is 0. The summed E-state index contributed by atoms with van der Waals surface area (Å²) in [5, 5.41) is 0. The van der Waals surface area contributed by atoms with Crippen molar-refractivity contribution in [3.8, 4) is 0 Å². The fourth-order valence-electron chi connectivity index (χ4n) is 1.19. The molecule has 68 valence electrons. The van der Waals surface area contributed by atoms with Crippen molar-refractivity contribution >= 4 is 11.6 Å². The first-order valence-corrected chi connectivity index (χ1v) is 5.51. The van der Waals surface area contributed by atoms with Crippen LogP contribution in [-0.4, -0.2) is 5.88 Å². The fourth-order valence-corrected chi connectivity index (χ4v) is 1.46. The Morgan fingerprint density at radius 3 is 1.36 bits per heavy atom. The van der Waals surface area contributed by atoms with E-state index < -0.39 is 0 Å². The van der Waals surface area contributed by atoms with Gasteiger partial charge in [0.05, 0.1) is 0 Å². The Bertz CT molecular complexity index is 44.4. The van der Waals surface area contributed by atoms with Crippen LogP contribution in [0.25, 0.3) is 0 Å². The van der Waals surface area contributed by atoms with E-state index in [2.05, 4.69) is 6.92 Å². The molecule has 1 saturated carbocycles. The number of hydrogen-bond donors (Lipinski definition) is 0. The molecule has 0 nitrogen and oxygen atoms in total. The van der Waals surface area contributed by atoms with Gasteiger partial charge in [-0.15, -0.1) is 11.6 Å². The van der Waals surface area contributed by atoms with E-state index in [0.29, 0.717) is 0 Å². The molecule has 0 bridgehead atoms. The molecule has 0 heterocycles. The molecular formula is C10H21Cl. The molecule has 0 aliphatic heterocycles. The second kappa shape index (κ2) is 10.3. The molecule has 0 saturated heterocycles. The molecule has 0 aromatic heterocycles. The predicted octanol–water partition coefficient (Wildman–Crippen LogP) is 4.37. The van der Waals surface area contributed by atoms with Gasteiger partial charge in [0.25, 0.3) is 0 Å². The summed E-state index contributed by atoms with van der Waals surface area (Å²) >= 11 is 5.30. The standard InChI is InChI=1S/C6H12.C4H9Cl/c1-2-4-6-5-3-1;1-2-3-4-5/h1-6H2;2-4H2,1H3. The molecule has 0 atom stereocenters. The Hall–Kier alpha value is 0.290. The van der Waals surface area contributed by atoms with E-state index in [9.17, 15) is 0 Å². The Balaban J connectivity index is 0.000000187. The minimum Gasteiger partial charge on any atom is -0.127 e. The van der Waals surface area contributed by atoms with Gasteiger partial charge >= 0.3 is 0 Å². The van der Waals surface area contributed by atoms with Crippen LogP contribution >= 0.6 is 11.6 Å². The molecule has 1 heteroatoms. The third-order valence-corrected chi connectivity index (χ3v) is 2.25. The molecule has 0 spiro atoms. The van der Waals surface area contributed by atoms with Crippen LogP contribution in [0.2, 0.25) is 0 Å². The third kappa shape index (κ3) is 10.3. The molecular weight excluding hydrogens is 156 g/mol. The van der Waals surface area contributed by atoms with E-state index in [1.807, 2.05) is 0 Å². The van der Waals surface area contributed by atoms with E-state index in [1.54, 1.807) is 0 Å². The highest BCUT2D eigenvalue weighted by Crippen LogP contribution is 2.15. The van der Waals surface area contributed by atoms with Crippen molar-refractivity contribution in [1.82, 2.24) is 0 Å². The molecule has 0 N–H and O–H groups in total. The van der Waals surface area contributed by atoms with Gasteiger partial charge < -0.3 is 0 Å². The highest BCUT2D eigenvalue weighted by atomic mass is 35.5. The summed E-state index contributed by atoms with van der Waals surface area (Å²) in [4.78, 5) is 0. The Kier molecular flexibility index (Phi) is 10.6. The maximum absolute atomic E-state index is 5.30. The number of alkyl halides is 1. The molecule has 11 heavy (non-hydrogen) atoms. The van der Waals surface area contributed by atoms with Gasteiger partial charge in [-0.05, 0) is 6.42 Å². The topological polar surface area (TPSA) is 0 Å². The molecule has 1 aliphatic rings. The maximum atomic E-state index is 5.30. The summed E-state index contributed by atoms with van der Waals surface area (Å²) in [6.07, 6.45) is 11.4. The normalized spacial score (nSPS) is 16.9. The van der Waals surface area contributed by atoms with Crippen molar-refractivity contribution in [3.63, 3.8) is 0 Å². The van der Waals surface area contributed by atoms with Gasteiger partial charge in [-0.3, -0.25) is 0 Å². The van der Waals surface area contributed by atoms with Crippen molar-refractivity contribution in [2.75, 3.05) is 5.88 Å². The van der Waals surface area contributed by atoms with Gasteiger partial charge in [0.15, 0.2) is 0 Å². The molecule has 0 unspecified atom stereocenters. The smallest absolute Gasteiger partial charge is 0.0223 e. The molecule has 0 aromatic rings. The van der Waals surface area contributed by atoms with Gasteiger partial charge in [0.1, 0.15) is 0 Å². The minimum atomic E-state index is 0.816. The average Bonchev–Trinajstić information content (AvgIpc) is 2.10. The summed E-state index contributed by atoms with van der Waals surface area (Å²) in [5.74, 6) is 0.816. The summed E-state index contributed by atoms with van der Waals surface area (Å²) in [6, 6.07) is 0. The highest BCUT2D eigenvalue weighted by molar-refractivity contribution is 6.17. The summed E-state index contributed by atoms with van der Waals surface area (Å²) in [6.45, 7) is 2.13. The zero-order chi connectivity index (χ0) is 8.36. The molecule has 0 radical (unpaired) electrons. The second-order valence-corrected chi connectivity index (χ2v) is 3.54. The van der Waals surface area contributed by atoms with Crippen LogP contribution in [0.15, 0.2) is 0 Å². The lowest BCUT2D eigenvalue weighted by Gasteiger charge is -2.05. The first-order chi connectivity index (χ1) is 5.41. The van der Waals surface area contributed by atoms with E-state index in [-0.39, 0.29) is 0 Å². The van der Waals surface area contributed by atoms with Crippen molar-refractivity contribution in [2.24, 2.45) is 0 Å². The molecule has 0 aromatic carbocycles. The van der Waals surface area contributed by atoms with Crippen molar-refractivity contribution < 1.29 is 0 Å². The average molecular weight is 177 g/mol. The van der Waals surface area contributed by atoms with Crippen LogP contribution in [0.1, 0.15) is 58.3 Å². The Morgan fingerprint density at radius 2 is 1.27 bits per heavy atom. The fraction of sp³-hybridized carbons (Fsp3) is 1.00. The SMILES string of the molecule is C1CCCCC1.CCCCCl. The second-order valence-electron chi connectivity index (χ2n) is 3.16.